The Morgan fingerprint density at radius 2 is 1.58 bits per heavy atom. The van der Waals surface area contributed by atoms with E-state index < -0.39 is 6.29 Å². The first-order chi connectivity index (χ1) is 22.0. The number of nitrogens with zero attached hydrogens (tertiary/aromatic N) is 1. The van der Waals surface area contributed by atoms with Gasteiger partial charge >= 0.3 is 0 Å². The molecular weight excluding hydrogens is 564 g/mol. The lowest BCUT2D eigenvalue weighted by Gasteiger charge is -2.43. The summed E-state index contributed by atoms with van der Waals surface area (Å²) in [5, 5.41) is 22.6. The topological polar surface area (TPSA) is 91.3 Å². The van der Waals surface area contributed by atoms with Gasteiger partial charge in [0.15, 0.2) is 6.29 Å². The van der Waals surface area contributed by atoms with Gasteiger partial charge in [-0.3, -0.25) is 9.69 Å². The Labute approximate surface area is 265 Å². The van der Waals surface area contributed by atoms with Crippen LogP contribution in [-0.2, 0) is 22.6 Å². The first-order valence-corrected chi connectivity index (χ1v) is 15.9. The normalized spacial score (nSPS) is 23.6. The minimum atomic E-state index is -0.557. The third kappa shape index (κ3) is 7.19. The molecule has 6 rings (SSSR count). The molecule has 0 unspecified atom stereocenters. The van der Waals surface area contributed by atoms with E-state index in [-0.39, 0.29) is 43.3 Å². The summed E-state index contributed by atoms with van der Waals surface area (Å²) in [6, 6.07) is 33.8. The summed E-state index contributed by atoms with van der Waals surface area (Å²) in [7, 11) is 0. The zero-order valence-corrected chi connectivity index (χ0v) is 25.7. The van der Waals surface area contributed by atoms with Gasteiger partial charge in [-0.2, -0.15) is 0 Å². The van der Waals surface area contributed by atoms with Crippen LogP contribution < -0.4 is 5.32 Å². The van der Waals surface area contributed by atoms with Crippen molar-refractivity contribution in [1.29, 1.82) is 0 Å². The Morgan fingerprint density at radius 1 is 0.867 bits per heavy atom. The van der Waals surface area contributed by atoms with Gasteiger partial charge < -0.3 is 25.0 Å². The van der Waals surface area contributed by atoms with Crippen LogP contribution in [0.2, 0.25) is 0 Å². The number of aliphatic hydroxyl groups excluding tert-OH is 2. The van der Waals surface area contributed by atoms with Gasteiger partial charge in [0.05, 0.1) is 25.4 Å². The van der Waals surface area contributed by atoms with Crippen molar-refractivity contribution < 1.29 is 24.5 Å². The highest BCUT2D eigenvalue weighted by Crippen LogP contribution is 2.42. The molecular formula is C38H42N2O5. The predicted molar refractivity (Wildman–Crippen MR) is 174 cm³/mol. The molecule has 0 aliphatic carbocycles. The van der Waals surface area contributed by atoms with E-state index in [1.54, 1.807) is 0 Å². The second-order valence-corrected chi connectivity index (χ2v) is 12.1. The fourth-order valence-corrected chi connectivity index (χ4v) is 6.54. The zero-order chi connectivity index (χ0) is 31.2. The van der Waals surface area contributed by atoms with Crippen LogP contribution in [-0.4, -0.2) is 52.9 Å². The Bertz CT molecular complexity index is 1540. The van der Waals surface area contributed by atoms with Crippen molar-refractivity contribution in [3.05, 3.63) is 131 Å². The summed E-state index contributed by atoms with van der Waals surface area (Å²) >= 11 is 0. The fourth-order valence-electron chi connectivity index (χ4n) is 6.54. The standard InChI is InChI=1S/C38H42N2O5/c1-26-35(23-40-21-7-11-33(40)25-42)44-38(45-36(26)29-15-13-27(24-41)14-16-29)31-19-17-28(18-20-31)34-12-6-5-10-32(34)22-39-37(43)30-8-3-2-4-9-30/h2-6,8-10,12-20,26,33,35-36,38,41-42H,7,11,21-25H2,1H3,(H,39,43)/t26-,33+,35+,36+,38+/m1/s1. The number of ether oxygens (including phenoxy) is 2. The number of aliphatic hydroxyl groups is 2. The van der Waals surface area contributed by atoms with Gasteiger partial charge in [-0.1, -0.05) is 97.9 Å². The van der Waals surface area contributed by atoms with Crippen molar-refractivity contribution in [3.63, 3.8) is 0 Å². The van der Waals surface area contributed by atoms with E-state index in [0.29, 0.717) is 12.1 Å². The van der Waals surface area contributed by atoms with Crippen molar-refractivity contribution in [1.82, 2.24) is 10.2 Å². The Balaban J connectivity index is 1.22. The third-order valence-corrected chi connectivity index (χ3v) is 9.23. The summed E-state index contributed by atoms with van der Waals surface area (Å²) in [6.07, 6.45) is 1.25. The molecule has 0 saturated carbocycles. The molecule has 5 atom stereocenters. The number of nitrogens with one attached hydrogen (secondary N) is 1. The van der Waals surface area contributed by atoms with E-state index in [0.717, 1.165) is 59.3 Å². The number of likely N-dealkylation sites (tertiary alicyclic amines) is 1. The van der Waals surface area contributed by atoms with Gasteiger partial charge in [0.25, 0.3) is 5.91 Å². The van der Waals surface area contributed by atoms with Crippen LogP contribution in [0.15, 0.2) is 103 Å². The second kappa shape index (κ2) is 14.5. The number of carbonyl (C=O) groups is 1. The molecule has 4 aromatic carbocycles. The van der Waals surface area contributed by atoms with E-state index in [1.165, 1.54) is 0 Å². The number of amides is 1. The summed E-state index contributed by atoms with van der Waals surface area (Å²) in [6.45, 7) is 4.44. The Kier molecular flexibility index (Phi) is 10.0. The van der Waals surface area contributed by atoms with Gasteiger partial charge in [-0.15, -0.1) is 0 Å². The highest BCUT2D eigenvalue weighted by atomic mass is 16.7. The van der Waals surface area contributed by atoms with Gasteiger partial charge in [0.1, 0.15) is 0 Å². The molecule has 0 radical (unpaired) electrons. The number of carbonyl (C=O) groups excluding carboxylic acids is 1. The van der Waals surface area contributed by atoms with E-state index in [1.807, 2.05) is 72.8 Å². The molecule has 2 heterocycles. The fraction of sp³-hybridized carbons (Fsp3) is 0.342. The second-order valence-electron chi connectivity index (χ2n) is 12.1. The summed E-state index contributed by atoms with van der Waals surface area (Å²) < 4.78 is 13.3. The van der Waals surface area contributed by atoms with Gasteiger partial charge in [0, 0.05) is 36.2 Å². The zero-order valence-electron chi connectivity index (χ0n) is 25.7. The van der Waals surface area contributed by atoms with Crippen LogP contribution in [0.1, 0.15) is 64.8 Å². The first kappa shape index (κ1) is 31.1. The molecule has 2 aliphatic heterocycles. The molecule has 4 aromatic rings. The van der Waals surface area contributed by atoms with E-state index in [2.05, 4.69) is 47.5 Å². The highest BCUT2D eigenvalue weighted by Gasteiger charge is 2.40. The summed E-state index contributed by atoms with van der Waals surface area (Å²) in [4.78, 5) is 15.0. The number of hydrogen-bond acceptors (Lipinski definition) is 6. The van der Waals surface area contributed by atoms with Crippen LogP contribution in [0.3, 0.4) is 0 Å². The molecule has 2 fully saturated rings. The lowest BCUT2D eigenvalue weighted by Crippen LogP contribution is -2.46. The first-order valence-electron chi connectivity index (χ1n) is 15.9. The highest BCUT2D eigenvalue weighted by molar-refractivity contribution is 5.94. The maximum absolute atomic E-state index is 12.7. The van der Waals surface area contributed by atoms with Crippen LogP contribution in [0.5, 0.6) is 0 Å². The van der Waals surface area contributed by atoms with Crippen molar-refractivity contribution >= 4 is 5.91 Å². The summed E-state index contributed by atoms with van der Waals surface area (Å²) in [5.74, 6) is -0.0191. The van der Waals surface area contributed by atoms with E-state index in [9.17, 15) is 15.0 Å². The average molecular weight is 607 g/mol. The minimum absolute atomic E-state index is 0.00208. The largest absolute Gasteiger partial charge is 0.395 e. The van der Waals surface area contributed by atoms with Crippen LogP contribution >= 0.6 is 0 Å². The van der Waals surface area contributed by atoms with Crippen LogP contribution in [0.25, 0.3) is 11.1 Å². The summed E-state index contributed by atoms with van der Waals surface area (Å²) in [5.41, 5.74) is 6.62. The maximum atomic E-state index is 12.7. The average Bonchev–Trinajstić information content (AvgIpc) is 3.56. The SMILES string of the molecule is C[C@@H]1[C@H](CN2CCC[C@H]2CO)O[C@H](c2ccc(-c3ccccc3CNC(=O)c3ccccc3)cc2)O[C@@H]1c1ccc(CO)cc1. The Hall–Kier alpha value is -3.85. The smallest absolute Gasteiger partial charge is 0.251 e. The quantitative estimate of drug-likeness (QED) is 0.204. The number of benzene rings is 4. The van der Waals surface area contributed by atoms with Gasteiger partial charge in [-0.25, -0.2) is 0 Å². The van der Waals surface area contributed by atoms with Gasteiger partial charge in [0.2, 0.25) is 0 Å². The monoisotopic (exact) mass is 606 g/mol. The Morgan fingerprint density at radius 3 is 2.31 bits per heavy atom. The van der Waals surface area contributed by atoms with Crippen LogP contribution in [0.4, 0.5) is 0 Å². The molecule has 7 heteroatoms. The lowest BCUT2D eigenvalue weighted by molar-refractivity contribution is -0.276. The van der Waals surface area contributed by atoms with Crippen LogP contribution in [0, 0.1) is 5.92 Å². The molecule has 2 saturated heterocycles. The van der Waals surface area contributed by atoms with Crippen molar-refractivity contribution in [2.24, 2.45) is 5.92 Å². The van der Waals surface area contributed by atoms with Gasteiger partial charge in [-0.05, 0) is 59.3 Å². The molecule has 7 nitrogen and oxygen atoms in total. The van der Waals surface area contributed by atoms with Crippen molar-refractivity contribution in [2.45, 2.75) is 57.5 Å². The minimum Gasteiger partial charge on any atom is -0.395 e. The molecule has 0 spiro atoms. The lowest BCUT2D eigenvalue weighted by atomic mass is 9.89. The molecule has 0 aromatic heterocycles. The van der Waals surface area contributed by atoms with E-state index >= 15 is 0 Å². The maximum Gasteiger partial charge on any atom is 0.251 e. The van der Waals surface area contributed by atoms with Crippen molar-refractivity contribution in [3.8, 4) is 11.1 Å². The third-order valence-electron chi connectivity index (χ3n) is 9.23. The molecule has 2 aliphatic rings. The molecule has 45 heavy (non-hydrogen) atoms. The number of rotatable bonds is 10. The molecule has 1 amide bonds. The van der Waals surface area contributed by atoms with E-state index in [4.69, 9.17) is 9.47 Å². The van der Waals surface area contributed by atoms with Crippen molar-refractivity contribution in [2.75, 3.05) is 19.7 Å². The molecule has 0 bridgehead atoms. The predicted octanol–water partition coefficient (Wildman–Crippen LogP) is 6.02. The molecule has 3 N–H and O–H groups in total. The number of hydrogen-bond donors (Lipinski definition) is 3. The molecule has 234 valence electrons.